The zero-order valence-corrected chi connectivity index (χ0v) is 16.6. The highest BCUT2D eigenvalue weighted by Crippen LogP contribution is 2.55. The monoisotopic (exact) mass is 416 g/mol. The maximum atomic E-state index is 14.2. The molecule has 28 heavy (non-hydrogen) atoms. The molecular formula is C21H18ClFN2O2S. The Kier molecular flexibility index (Phi) is 4.18. The lowest BCUT2D eigenvalue weighted by Gasteiger charge is -2.33. The average Bonchev–Trinajstić information content (AvgIpc) is 3.40. The maximum absolute atomic E-state index is 14.2. The van der Waals surface area contributed by atoms with Crippen molar-refractivity contribution in [2.24, 2.45) is 5.92 Å². The smallest absolute Gasteiger partial charge is 0.268 e. The molecule has 0 radical (unpaired) electrons. The van der Waals surface area contributed by atoms with Gasteiger partial charge in [-0.05, 0) is 42.7 Å². The molecule has 3 aliphatic rings. The van der Waals surface area contributed by atoms with Crippen molar-refractivity contribution in [3.8, 4) is 0 Å². The molecule has 2 aromatic carbocycles. The van der Waals surface area contributed by atoms with Crippen LogP contribution >= 0.6 is 23.4 Å². The summed E-state index contributed by atoms with van der Waals surface area (Å²) in [6, 6.07) is 11.8. The lowest BCUT2D eigenvalue weighted by Crippen LogP contribution is -2.50. The predicted octanol–water partition coefficient (Wildman–Crippen LogP) is 4.16. The summed E-state index contributed by atoms with van der Waals surface area (Å²) in [6.07, 6.45) is 1.73. The third-order valence-corrected chi connectivity index (χ3v) is 7.42. The standard InChI is InChI=1S/C21H18ClFN2O2S/c22-17-4-2-1-3-14(17)12-24-18-8-7-15(23)11-16(18)21(20(24)27)25(9-10-28-21)19(26)13-5-6-13/h1-4,7-8,11,13H,5-6,9-10,12H2. The second-order valence-electron chi connectivity index (χ2n) is 7.40. The number of rotatable bonds is 3. The maximum Gasteiger partial charge on any atom is 0.268 e. The minimum absolute atomic E-state index is 0.00185. The molecule has 2 aliphatic heterocycles. The molecule has 7 heteroatoms. The van der Waals surface area contributed by atoms with Gasteiger partial charge in [-0.3, -0.25) is 9.59 Å². The Morgan fingerprint density at radius 2 is 2.04 bits per heavy atom. The van der Waals surface area contributed by atoms with Gasteiger partial charge in [-0.15, -0.1) is 11.8 Å². The summed E-state index contributed by atoms with van der Waals surface area (Å²) in [5, 5.41) is 0.574. The number of thioether (sulfide) groups is 1. The lowest BCUT2D eigenvalue weighted by molar-refractivity contribution is -0.141. The zero-order chi connectivity index (χ0) is 19.5. The quantitative estimate of drug-likeness (QED) is 0.754. The van der Waals surface area contributed by atoms with Crippen LogP contribution in [0.15, 0.2) is 42.5 Å². The molecule has 5 rings (SSSR count). The largest absolute Gasteiger partial charge is 0.315 e. The SMILES string of the molecule is O=C(C1CC1)N1CCSC12C(=O)N(Cc1ccccc1Cl)c1ccc(F)cc12. The third-order valence-electron chi connectivity index (χ3n) is 5.63. The molecule has 1 saturated carbocycles. The molecule has 0 bridgehead atoms. The van der Waals surface area contributed by atoms with Crippen LogP contribution in [-0.4, -0.2) is 29.0 Å². The summed E-state index contributed by atoms with van der Waals surface area (Å²) in [5.74, 6) is 0.0626. The van der Waals surface area contributed by atoms with Gasteiger partial charge in [-0.2, -0.15) is 0 Å². The van der Waals surface area contributed by atoms with Gasteiger partial charge in [-0.25, -0.2) is 4.39 Å². The molecule has 1 spiro atoms. The van der Waals surface area contributed by atoms with Crippen molar-refractivity contribution in [2.75, 3.05) is 17.2 Å². The molecule has 1 saturated heterocycles. The summed E-state index contributed by atoms with van der Waals surface area (Å²) in [7, 11) is 0. The molecule has 2 fully saturated rings. The van der Waals surface area contributed by atoms with E-state index in [0.717, 1.165) is 18.4 Å². The molecule has 4 nitrogen and oxygen atoms in total. The van der Waals surface area contributed by atoms with Crippen molar-refractivity contribution in [1.29, 1.82) is 0 Å². The van der Waals surface area contributed by atoms with Crippen LogP contribution in [0, 0.1) is 11.7 Å². The fourth-order valence-electron chi connectivity index (χ4n) is 4.11. The van der Waals surface area contributed by atoms with E-state index in [-0.39, 0.29) is 24.3 Å². The number of halogens is 2. The fraction of sp³-hybridized carbons (Fsp3) is 0.333. The molecule has 1 aliphatic carbocycles. The van der Waals surface area contributed by atoms with Gasteiger partial charge in [-0.1, -0.05) is 29.8 Å². The van der Waals surface area contributed by atoms with Crippen molar-refractivity contribution in [3.63, 3.8) is 0 Å². The van der Waals surface area contributed by atoms with E-state index >= 15 is 0 Å². The Morgan fingerprint density at radius 1 is 1.25 bits per heavy atom. The van der Waals surface area contributed by atoms with Crippen molar-refractivity contribution in [1.82, 2.24) is 4.90 Å². The van der Waals surface area contributed by atoms with E-state index in [4.69, 9.17) is 11.6 Å². The van der Waals surface area contributed by atoms with E-state index in [1.807, 2.05) is 18.2 Å². The number of anilines is 1. The van der Waals surface area contributed by atoms with E-state index in [2.05, 4.69) is 0 Å². The Hall–Kier alpha value is -2.05. The number of hydrogen-bond acceptors (Lipinski definition) is 3. The normalized spacial score (nSPS) is 23.6. The highest BCUT2D eigenvalue weighted by Gasteiger charge is 2.60. The molecule has 0 N–H and O–H groups in total. The number of amides is 2. The van der Waals surface area contributed by atoms with Crippen LogP contribution < -0.4 is 4.90 Å². The Bertz CT molecular complexity index is 996. The van der Waals surface area contributed by atoms with Crippen LogP contribution in [0.3, 0.4) is 0 Å². The number of carbonyl (C=O) groups is 2. The van der Waals surface area contributed by atoms with Crippen molar-refractivity contribution < 1.29 is 14.0 Å². The Balaban J connectivity index is 1.61. The van der Waals surface area contributed by atoms with E-state index < -0.39 is 10.7 Å². The van der Waals surface area contributed by atoms with Crippen molar-refractivity contribution >= 4 is 40.9 Å². The number of fused-ring (bicyclic) bond motifs is 2. The van der Waals surface area contributed by atoms with E-state index in [1.165, 1.54) is 23.9 Å². The van der Waals surface area contributed by atoms with Gasteiger partial charge in [0.1, 0.15) is 5.82 Å². The molecule has 1 unspecified atom stereocenters. The van der Waals surface area contributed by atoms with Gasteiger partial charge in [0.25, 0.3) is 5.91 Å². The summed E-state index contributed by atoms with van der Waals surface area (Å²) in [5.41, 5.74) is 2.03. The summed E-state index contributed by atoms with van der Waals surface area (Å²) in [6.45, 7) is 0.784. The van der Waals surface area contributed by atoms with Crippen LogP contribution in [0.4, 0.5) is 10.1 Å². The predicted molar refractivity (Wildman–Crippen MR) is 108 cm³/mol. The first kappa shape index (κ1) is 18.0. The topological polar surface area (TPSA) is 40.6 Å². The average molecular weight is 417 g/mol. The molecule has 144 valence electrons. The molecule has 2 heterocycles. The first-order chi connectivity index (χ1) is 13.5. The van der Waals surface area contributed by atoms with Crippen LogP contribution in [0.5, 0.6) is 0 Å². The lowest BCUT2D eigenvalue weighted by atomic mass is 10.0. The second kappa shape index (κ2) is 6.49. The first-order valence-corrected chi connectivity index (χ1v) is 10.7. The third kappa shape index (κ3) is 2.58. The number of nitrogens with zero attached hydrogens (tertiary/aromatic N) is 2. The second-order valence-corrected chi connectivity index (χ2v) is 9.10. The first-order valence-electron chi connectivity index (χ1n) is 9.33. The van der Waals surface area contributed by atoms with E-state index in [9.17, 15) is 14.0 Å². The molecule has 2 aromatic rings. The summed E-state index contributed by atoms with van der Waals surface area (Å²) < 4.78 is 14.2. The molecular weight excluding hydrogens is 399 g/mol. The van der Waals surface area contributed by atoms with E-state index in [1.54, 1.807) is 21.9 Å². The van der Waals surface area contributed by atoms with Gasteiger partial charge in [0, 0.05) is 28.8 Å². The minimum Gasteiger partial charge on any atom is -0.315 e. The van der Waals surface area contributed by atoms with Gasteiger partial charge in [0.05, 0.1) is 12.2 Å². The number of hydrogen-bond donors (Lipinski definition) is 0. The molecule has 0 aromatic heterocycles. The van der Waals surface area contributed by atoms with Gasteiger partial charge in [0.15, 0.2) is 4.87 Å². The van der Waals surface area contributed by atoms with Crippen molar-refractivity contribution in [2.45, 2.75) is 24.3 Å². The highest BCUT2D eigenvalue weighted by atomic mass is 35.5. The zero-order valence-electron chi connectivity index (χ0n) is 15.0. The van der Waals surface area contributed by atoms with Crippen LogP contribution in [0.2, 0.25) is 5.02 Å². The van der Waals surface area contributed by atoms with Crippen LogP contribution in [-0.2, 0) is 21.0 Å². The van der Waals surface area contributed by atoms with Crippen LogP contribution in [0.1, 0.15) is 24.0 Å². The van der Waals surface area contributed by atoms with Gasteiger partial charge in [0.2, 0.25) is 5.91 Å². The van der Waals surface area contributed by atoms with Crippen LogP contribution in [0.25, 0.3) is 0 Å². The fourth-order valence-corrected chi connectivity index (χ4v) is 5.77. The minimum atomic E-state index is -1.17. The van der Waals surface area contributed by atoms with Crippen molar-refractivity contribution in [3.05, 3.63) is 64.4 Å². The van der Waals surface area contributed by atoms with Gasteiger partial charge >= 0.3 is 0 Å². The van der Waals surface area contributed by atoms with Gasteiger partial charge < -0.3 is 9.80 Å². The highest BCUT2D eigenvalue weighted by molar-refractivity contribution is 8.01. The summed E-state index contributed by atoms with van der Waals surface area (Å²) in [4.78, 5) is 28.8. The van der Waals surface area contributed by atoms with E-state index in [0.29, 0.717) is 28.6 Å². The summed E-state index contributed by atoms with van der Waals surface area (Å²) >= 11 is 7.74. The molecule has 1 atom stereocenters. The molecule has 2 amide bonds. The Labute approximate surface area is 171 Å². The number of benzene rings is 2. The number of carbonyl (C=O) groups excluding carboxylic acids is 2. The Morgan fingerprint density at radius 3 is 2.79 bits per heavy atom.